The predicted molar refractivity (Wildman–Crippen MR) is 114 cm³/mol. The lowest BCUT2D eigenvalue weighted by Gasteiger charge is -2.32. The summed E-state index contributed by atoms with van der Waals surface area (Å²) in [6.07, 6.45) is 1.28. The summed E-state index contributed by atoms with van der Waals surface area (Å²) in [5.74, 6) is 0.436. The van der Waals surface area contributed by atoms with Crippen molar-refractivity contribution in [1.29, 1.82) is 0 Å². The Balaban J connectivity index is 1.50. The number of thioether (sulfide) groups is 1. The van der Waals surface area contributed by atoms with E-state index < -0.39 is 0 Å². The number of fused-ring (bicyclic) bond motifs is 3. The molecule has 0 unspecified atom stereocenters. The van der Waals surface area contributed by atoms with Crippen LogP contribution in [0.15, 0.2) is 29.4 Å². The summed E-state index contributed by atoms with van der Waals surface area (Å²) in [6.45, 7) is 7.06. The van der Waals surface area contributed by atoms with Crippen LogP contribution >= 0.6 is 11.8 Å². The van der Waals surface area contributed by atoms with Crippen molar-refractivity contribution in [2.75, 3.05) is 19.7 Å². The summed E-state index contributed by atoms with van der Waals surface area (Å²) in [6, 6.07) is 7.80. The van der Waals surface area contributed by atoms with E-state index in [4.69, 9.17) is 9.72 Å². The lowest BCUT2D eigenvalue weighted by Crippen LogP contribution is -2.43. The predicted octanol–water partition coefficient (Wildman–Crippen LogP) is 2.87. The fourth-order valence-corrected chi connectivity index (χ4v) is 4.72. The van der Waals surface area contributed by atoms with Gasteiger partial charge in [0.25, 0.3) is 0 Å². The summed E-state index contributed by atoms with van der Waals surface area (Å²) in [5.41, 5.74) is 1.57. The van der Waals surface area contributed by atoms with Crippen molar-refractivity contribution >= 4 is 40.2 Å². The number of hydrogen-bond donors (Lipinski definition) is 0. The Morgan fingerprint density at radius 2 is 1.97 bits per heavy atom. The number of ether oxygens (including phenoxy) is 1. The van der Waals surface area contributed by atoms with Gasteiger partial charge in [-0.1, -0.05) is 23.9 Å². The second kappa shape index (κ2) is 8.59. The van der Waals surface area contributed by atoms with Crippen LogP contribution in [0, 0.1) is 12.8 Å². The number of carbonyl (C=O) groups excluding carboxylic acids is 2. The number of para-hydroxylation sites is 1. The van der Waals surface area contributed by atoms with Gasteiger partial charge in [-0.15, -0.1) is 5.10 Å². The Labute approximate surface area is 179 Å². The second-order valence-corrected chi connectivity index (χ2v) is 8.73. The Morgan fingerprint density at radius 3 is 2.70 bits per heavy atom. The first-order valence-corrected chi connectivity index (χ1v) is 11.1. The highest BCUT2D eigenvalue weighted by Crippen LogP contribution is 2.28. The molecule has 158 valence electrons. The number of nitrogens with zero attached hydrogens (tertiary/aromatic N) is 5. The molecule has 1 amide bonds. The molecule has 0 saturated carbocycles. The van der Waals surface area contributed by atoms with E-state index in [0.29, 0.717) is 43.5 Å². The van der Waals surface area contributed by atoms with E-state index in [2.05, 4.69) is 10.1 Å². The van der Waals surface area contributed by atoms with Crippen molar-refractivity contribution in [3.63, 3.8) is 0 Å². The van der Waals surface area contributed by atoms with Gasteiger partial charge in [-0.2, -0.15) is 4.52 Å². The third-order valence-corrected chi connectivity index (χ3v) is 6.34. The van der Waals surface area contributed by atoms with E-state index in [1.807, 2.05) is 49.9 Å². The number of carbonyl (C=O) groups is 2. The van der Waals surface area contributed by atoms with E-state index >= 15 is 0 Å². The Bertz CT molecular complexity index is 1090. The van der Waals surface area contributed by atoms with Crippen LogP contribution in [0.25, 0.3) is 16.6 Å². The topological polar surface area (TPSA) is 89.7 Å². The molecular formula is C21H25N5O3S. The molecule has 1 fully saturated rings. The van der Waals surface area contributed by atoms with Crippen LogP contribution in [-0.4, -0.2) is 61.3 Å². The zero-order chi connectivity index (χ0) is 21.3. The fraction of sp³-hybridized carbons (Fsp3) is 0.476. The molecular weight excluding hydrogens is 402 g/mol. The van der Waals surface area contributed by atoms with Gasteiger partial charge in [-0.3, -0.25) is 9.59 Å². The van der Waals surface area contributed by atoms with E-state index in [9.17, 15) is 9.59 Å². The molecule has 1 aliphatic heterocycles. The number of amides is 1. The Kier molecular flexibility index (Phi) is 5.90. The molecule has 4 rings (SSSR count). The number of rotatable bonds is 5. The number of benzene rings is 1. The molecule has 0 spiro atoms. The molecule has 30 heavy (non-hydrogen) atoms. The van der Waals surface area contributed by atoms with Crippen LogP contribution in [0.3, 0.4) is 0 Å². The normalized spacial score (nSPS) is 16.2. The van der Waals surface area contributed by atoms with Crippen LogP contribution in [0.4, 0.5) is 0 Å². The van der Waals surface area contributed by atoms with Gasteiger partial charge in [-0.05, 0) is 45.7 Å². The highest BCUT2D eigenvalue weighted by Gasteiger charge is 2.31. The average Bonchev–Trinajstić information content (AvgIpc) is 3.15. The zero-order valence-corrected chi connectivity index (χ0v) is 18.2. The van der Waals surface area contributed by atoms with Crippen molar-refractivity contribution in [2.45, 2.75) is 44.0 Å². The van der Waals surface area contributed by atoms with Crippen molar-refractivity contribution in [3.8, 4) is 0 Å². The van der Waals surface area contributed by atoms with Crippen LogP contribution in [0.5, 0.6) is 0 Å². The molecule has 3 aromatic rings. The number of esters is 1. The maximum absolute atomic E-state index is 13.0. The second-order valence-electron chi connectivity index (χ2n) is 7.42. The minimum Gasteiger partial charge on any atom is -0.466 e. The van der Waals surface area contributed by atoms with E-state index in [1.54, 1.807) is 4.52 Å². The van der Waals surface area contributed by atoms with Crippen LogP contribution < -0.4 is 0 Å². The summed E-state index contributed by atoms with van der Waals surface area (Å²) < 4.78 is 6.83. The molecule has 0 radical (unpaired) electrons. The van der Waals surface area contributed by atoms with Crippen molar-refractivity contribution < 1.29 is 14.3 Å². The molecule has 0 bridgehead atoms. The summed E-state index contributed by atoms with van der Waals surface area (Å²) in [5, 5.41) is 5.73. The molecule has 2 aromatic heterocycles. The molecule has 0 aliphatic carbocycles. The van der Waals surface area contributed by atoms with Crippen molar-refractivity contribution in [3.05, 3.63) is 30.1 Å². The van der Waals surface area contributed by atoms with Crippen molar-refractivity contribution in [1.82, 2.24) is 24.5 Å². The number of hydrogen-bond acceptors (Lipinski definition) is 7. The van der Waals surface area contributed by atoms with Gasteiger partial charge in [0.1, 0.15) is 5.82 Å². The molecule has 1 saturated heterocycles. The zero-order valence-electron chi connectivity index (χ0n) is 17.4. The first-order chi connectivity index (χ1) is 14.5. The molecule has 3 heterocycles. The first-order valence-electron chi connectivity index (χ1n) is 10.2. The average molecular weight is 428 g/mol. The first kappa shape index (κ1) is 20.6. The largest absolute Gasteiger partial charge is 0.466 e. The standard InChI is InChI=1S/C21H25N5O3S/c1-4-29-20(28)15-9-11-25(12-10-15)19(27)13(2)30-21-23-17-8-6-5-7-16(17)18-22-14(3)24-26(18)21/h5-8,13,15H,4,9-12H2,1-3H3/t13-/m1/s1. The molecule has 9 heteroatoms. The Hall–Kier alpha value is -2.68. The summed E-state index contributed by atoms with van der Waals surface area (Å²) in [7, 11) is 0. The molecule has 8 nitrogen and oxygen atoms in total. The van der Waals surface area contributed by atoms with Gasteiger partial charge >= 0.3 is 5.97 Å². The smallest absolute Gasteiger partial charge is 0.309 e. The van der Waals surface area contributed by atoms with Gasteiger partial charge in [0.2, 0.25) is 5.91 Å². The lowest BCUT2D eigenvalue weighted by molar-refractivity contribution is -0.151. The number of aryl methyl sites for hydroxylation is 1. The maximum Gasteiger partial charge on any atom is 0.309 e. The van der Waals surface area contributed by atoms with Gasteiger partial charge in [0, 0.05) is 18.5 Å². The van der Waals surface area contributed by atoms with E-state index in [-0.39, 0.29) is 23.0 Å². The summed E-state index contributed by atoms with van der Waals surface area (Å²) in [4.78, 5) is 36.1. The highest BCUT2D eigenvalue weighted by molar-refractivity contribution is 8.00. The third-order valence-electron chi connectivity index (χ3n) is 5.31. The molecule has 1 aliphatic rings. The Morgan fingerprint density at radius 1 is 1.23 bits per heavy atom. The fourth-order valence-electron chi connectivity index (χ4n) is 3.77. The third kappa shape index (κ3) is 3.98. The van der Waals surface area contributed by atoms with Crippen LogP contribution in [0.1, 0.15) is 32.5 Å². The van der Waals surface area contributed by atoms with Gasteiger partial charge < -0.3 is 9.64 Å². The van der Waals surface area contributed by atoms with Crippen molar-refractivity contribution in [2.24, 2.45) is 5.92 Å². The monoisotopic (exact) mass is 427 g/mol. The minimum absolute atomic E-state index is 0.0438. The number of piperidine rings is 1. The summed E-state index contributed by atoms with van der Waals surface area (Å²) >= 11 is 1.38. The maximum atomic E-state index is 13.0. The molecule has 1 aromatic carbocycles. The van der Waals surface area contributed by atoms with E-state index in [1.165, 1.54) is 11.8 Å². The van der Waals surface area contributed by atoms with Gasteiger partial charge in [0.15, 0.2) is 10.8 Å². The van der Waals surface area contributed by atoms with E-state index in [0.717, 1.165) is 16.6 Å². The van der Waals surface area contributed by atoms with Gasteiger partial charge in [0.05, 0.1) is 23.3 Å². The highest BCUT2D eigenvalue weighted by atomic mass is 32.2. The lowest BCUT2D eigenvalue weighted by atomic mass is 9.97. The molecule has 0 N–H and O–H groups in total. The van der Waals surface area contributed by atoms with Crippen LogP contribution in [0.2, 0.25) is 0 Å². The number of likely N-dealkylation sites (tertiary alicyclic amines) is 1. The van der Waals surface area contributed by atoms with Gasteiger partial charge in [-0.25, -0.2) is 9.97 Å². The SMILES string of the molecule is CCOC(=O)C1CCN(C(=O)[C@@H](C)Sc2nc3ccccc3c3nc(C)nn23)CC1. The molecule has 1 atom stereocenters. The quantitative estimate of drug-likeness (QED) is 0.351. The van der Waals surface area contributed by atoms with Crippen LogP contribution in [-0.2, 0) is 14.3 Å². The number of aromatic nitrogens is 4. The minimum atomic E-state index is -0.328.